The van der Waals surface area contributed by atoms with E-state index in [2.05, 4.69) is 21.7 Å². The topological polar surface area (TPSA) is 38.1 Å². The van der Waals surface area contributed by atoms with Gasteiger partial charge in [0.05, 0.1) is 6.04 Å². The minimum absolute atomic E-state index is 0.285. The summed E-state index contributed by atoms with van der Waals surface area (Å²) in [5.41, 5.74) is 1.04. The molecular formula is C14H14N2O. The number of imidazole rings is 1. The smallest absolute Gasteiger partial charge is 0.140 e. The van der Waals surface area contributed by atoms with Gasteiger partial charge in [-0.3, -0.25) is 0 Å². The third-order valence-electron chi connectivity index (χ3n) is 3.14. The van der Waals surface area contributed by atoms with Crippen LogP contribution in [0.4, 0.5) is 0 Å². The number of benzene rings is 1. The maximum absolute atomic E-state index is 9.30. The monoisotopic (exact) mass is 226 g/mol. The molecule has 1 aliphatic carbocycles. The maximum atomic E-state index is 9.30. The van der Waals surface area contributed by atoms with E-state index in [1.807, 2.05) is 24.5 Å². The van der Waals surface area contributed by atoms with Crippen LogP contribution < -0.4 is 0 Å². The largest absolute Gasteiger partial charge is 0.508 e. The van der Waals surface area contributed by atoms with Gasteiger partial charge in [-0.2, -0.15) is 0 Å². The molecule has 0 spiro atoms. The van der Waals surface area contributed by atoms with Crippen LogP contribution in [0.1, 0.15) is 18.9 Å². The highest BCUT2D eigenvalue weighted by Gasteiger charge is 2.15. The lowest BCUT2D eigenvalue weighted by Crippen LogP contribution is -2.04. The van der Waals surface area contributed by atoms with E-state index < -0.39 is 0 Å². The Morgan fingerprint density at radius 3 is 2.76 bits per heavy atom. The molecule has 0 aliphatic heterocycles. The van der Waals surface area contributed by atoms with Gasteiger partial charge in [-0.05, 0) is 37.1 Å². The SMILES string of the molecule is Oc1ccc(-c2nccn2C2C=CCC2)cc1. The van der Waals surface area contributed by atoms with E-state index in [4.69, 9.17) is 0 Å². The summed E-state index contributed by atoms with van der Waals surface area (Å²) < 4.78 is 2.19. The molecule has 0 bridgehead atoms. The first kappa shape index (κ1) is 10.1. The van der Waals surface area contributed by atoms with Gasteiger partial charge in [0, 0.05) is 18.0 Å². The standard InChI is InChI=1S/C14H14N2O/c17-13-7-5-11(6-8-13)14-15-9-10-16(14)12-3-1-2-4-12/h1,3,5-10,12,17H,2,4H2. The van der Waals surface area contributed by atoms with Gasteiger partial charge in [0.1, 0.15) is 11.6 Å². The molecule has 3 rings (SSSR count). The van der Waals surface area contributed by atoms with Crippen LogP contribution in [0.3, 0.4) is 0 Å². The zero-order valence-electron chi connectivity index (χ0n) is 9.45. The van der Waals surface area contributed by atoms with E-state index in [0.717, 1.165) is 24.2 Å². The minimum atomic E-state index is 0.285. The van der Waals surface area contributed by atoms with Gasteiger partial charge in [0.15, 0.2) is 0 Å². The van der Waals surface area contributed by atoms with E-state index >= 15 is 0 Å². The van der Waals surface area contributed by atoms with Crippen molar-refractivity contribution in [2.45, 2.75) is 18.9 Å². The number of rotatable bonds is 2. The van der Waals surface area contributed by atoms with Crippen molar-refractivity contribution in [3.8, 4) is 17.1 Å². The van der Waals surface area contributed by atoms with Crippen LogP contribution in [0.5, 0.6) is 5.75 Å². The normalized spacial score (nSPS) is 18.7. The zero-order valence-corrected chi connectivity index (χ0v) is 9.45. The lowest BCUT2D eigenvalue weighted by atomic mass is 10.2. The average Bonchev–Trinajstić information content (AvgIpc) is 3.00. The fraction of sp³-hybridized carbons (Fsp3) is 0.214. The quantitative estimate of drug-likeness (QED) is 0.799. The first-order chi connectivity index (χ1) is 8.34. The molecule has 0 saturated carbocycles. The fourth-order valence-corrected chi connectivity index (χ4v) is 2.26. The Morgan fingerprint density at radius 2 is 2.06 bits per heavy atom. The Kier molecular flexibility index (Phi) is 2.44. The van der Waals surface area contributed by atoms with Crippen molar-refractivity contribution in [2.75, 3.05) is 0 Å². The summed E-state index contributed by atoms with van der Waals surface area (Å²) in [6.07, 6.45) is 10.6. The molecule has 1 aromatic carbocycles. The Bertz CT molecular complexity index is 540. The van der Waals surface area contributed by atoms with E-state index in [0.29, 0.717) is 6.04 Å². The summed E-state index contributed by atoms with van der Waals surface area (Å²) in [6.45, 7) is 0. The van der Waals surface area contributed by atoms with Crippen molar-refractivity contribution < 1.29 is 5.11 Å². The third-order valence-corrected chi connectivity index (χ3v) is 3.14. The summed E-state index contributed by atoms with van der Waals surface area (Å²) in [4.78, 5) is 4.41. The molecular weight excluding hydrogens is 212 g/mol. The predicted molar refractivity (Wildman–Crippen MR) is 66.7 cm³/mol. The lowest BCUT2D eigenvalue weighted by Gasteiger charge is -2.13. The first-order valence-electron chi connectivity index (χ1n) is 5.83. The predicted octanol–water partition coefficient (Wildman–Crippen LogP) is 3.15. The summed E-state index contributed by atoms with van der Waals surface area (Å²) in [7, 11) is 0. The molecule has 1 heterocycles. The molecule has 17 heavy (non-hydrogen) atoms. The lowest BCUT2D eigenvalue weighted by molar-refractivity contribution is 0.475. The van der Waals surface area contributed by atoms with Gasteiger partial charge in [-0.15, -0.1) is 0 Å². The van der Waals surface area contributed by atoms with E-state index in [-0.39, 0.29) is 5.75 Å². The number of nitrogens with zero attached hydrogens (tertiary/aromatic N) is 2. The molecule has 86 valence electrons. The molecule has 0 fully saturated rings. The van der Waals surface area contributed by atoms with Crippen LogP contribution in [-0.4, -0.2) is 14.7 Å². The molecule has 3 heteroatoms. The van der Waals surface area contributed by atoms with Crippen molar-refractivity contribution in [3.05, 3.63) is 48.8 Å². The Morgan fingerprint density at radius 1 is 1.24 bits per heavy atom. The Hall–Kier alpha value is -2.03. The van der Waals surface area contributed by atoms with Crippen molar-refractivity contribution in [2.24, 2.45) is 0 Å². The van der Waals surface area contributed by atoms with Crippen LogP contribution in [0.25, 0.3) is 11.4 Å². The Balaban J connectivity index is 2.00. The summed E-state index contributed by atoms with van der Waals surface area (Å²) in [5.74, 6) is 1.24. The molecule has 0 amide bonds. The van der Waals surface area contributed by atoms with Gasteiger partial charge in [0.25, 0.3) is 0 Å². The number of hydrogen-bond acceptors (Lipinski definition) is 2. The highest BCUT2D eigenvalue weighted by atomic mass is 16.3. The third kappa shape index (κ3) is 1.84. The van der Waals surface area contributed by atoms with Gasteiger partial charge < -0.3 is 9.67 Å². The average molecular weight is 226 g/mol. The van der Waals surface area contributed by atoms with E-state index in [1.165, 1.54) is 0 Å². The minimum Gasteiger partial charge on any atom is -0.508 e. The van der Waals surface area contributed by atoms with Crippen LogP contribution in [0, 0.1) is 0 Å². The maximum Gasteiger partial charge on any atom is 0.140 e. The molecule has 3 nitrogen and oxygen atoms in total. The van der Waals surface area contributed by atoms with Crippen molar-refractivity contribution >= 4 is 0 Å². The van der Waals surface area contributed by atoms with Crippen molar-refractivity contribution in [3.63, 3.8) is 0 Å². The second-order valence-electron chi connectivity index (χ2n) is 4.28. The Labute approximate surface area is 100 Å². The van der Waals surface area contributed by atoms with Gasteiger partial charge in [-0.25, -0.2) is 4.98 Å². The van der Waals surface area contributed by atoms with Crippen LogP contribution >= 0.6 is 0 Å². The summed E-state index contributed by atoms with van der Waals surface area (Å²) in [6, 6.07) is 7.60. The molecule has 0 radical (unpaired) electrons. The summed E-state index contributed by atoms with van der Waals surface area (Å²) >= 11 is 0. The number of aromatic nitrogens is 2. The van der Waals surface area contributed by atoms with Crippen molar-refractivity contribution in [1.29, 1.82) is 0 Å². The number of phenols is 1. The highest BCUT2D eigenvalue weighted by molar-refractivity contribution is 5.57. The molecule has 1 aliphatic rings. The van der Waals surface area contributed by atoms with Crippen LogP contribution in [0.2, 0.25) is 0 Å². The first-order valence-corrected chi connectivity index (χ1v) is 5.83. The van der Waals surface area contributed by atoms with E-state index in [9.17, 15) is 5.11 Å². The number of hydrogen-bond donors (Lipinski definition) is 1. The fourth-order valence-electron chi connectivity index (χ4n) is 2.26. The summed E-state index contributed by atoms with van der Waals surface area (Å²) in [5, 5.41) is 9.30. The number of aromatic hydroxyl groups is 1. The second kappa shape index (κ2) is 4.09. The van der Waals surface area contributed by atoms with Gasteiger partial charge >= 0.3 is 0 Å². The molecule has 1 N–H and O–H groups in total. The number of allylic oxidation sites excluding steroid dienone is 2. The molecule has 1 aromatic heterocycles. The molecule has 1 unspecified atom stereocenters. The molecule has 2 aromatic rings. The molecule has 1 atom stereocenters. The van der Waals surface area contributed by atoms with E-state index in [1.54, 1.807) is 12.1 Å². The zero-order chi connectivity index (χ0) is 11.7. The van der Waals surface area contributed by atoms with Gasteiger partial charge in [0.2, 0.25) is 0 Å². The van der Waals surface area contributed by atoms with Crippen molar-refractivity contribution in [1.82, 2.24) is 9.55 Å². The van der Waals surface area contributed by atoms with Crippen LogP contribution in [-0.2, 0) is 0 Å². The second-order valence-corrected chi connectivity index (χ2v) is 4.28. The molecule has 0 saturated heterocycles. The number of phenolic OH excluding ortho intramolecular Hbond substituents is 1. The van der Waals surface area contributed by atoms with Crippen LogP contribution in [0.15, 0.2) is 48.8 Å². The van der Waals surface area contributed by atoms with Gasteiger partial charge in [-0.1, -0.05) is 12.2 Å². The highest BCUT2D eigenvalue weighted by Crippen LogP contribution is 2.28.